The van der Waals surface area contributed by atoms with Gasteiger partial charge in [-0.3, -0.25) is 4.90 Å². The minimum Gasteiger partial charge on any atom is -0.493 e. The van der Waals surface area contributed by atoms with Crippen LogP contribution in [0, 0.1) is 0 Å². The fourth-order valence-electron chi connectivity index (χ4n) is 3.98. The molecule has 7 nitrogen and oxygen atoms in total. The molecule has 5 rings (SSSR count). The lowest BCUT2D eigenvalue weighted by atomic mass is 10.1. The maximum absolute atomic E-state index is 6.00. The molecule has 0 spiro atoms. The van der Waals surface area contributed by atoms with Crippen molar-refractivity contribution in [1.82, 2.24) is 19.9 Å². The summed E-state index contributed by atoms with van der Waals surface area (Å²) in [5.41, 5.74) is 10.5. The number of nitrogen functional groups attached to an aromatic ring is 1. The van der Waals surface area contributed by atoms with E-state index in [1.54, 1.807) is 6.33 Å². The molecule has 1 aliphatic heterocycles. The zero-order valence-corrected chi connectivity index (χ0v) is 16.8. The average Bonchev–Trinajstić information content (AvgIpc) is 3.19. The molecular formula is C23H25N5O2. The number of aromatic nitrogens is 3. The van der Waals surface area contributed by atoms with Crippen LogP contribution in [0.4, 0.5) is 5.69 Å². The van der Waals surface area contributed by atoms with E-state index in [2.05, 4.69) is 19.9 Å². The van der Waals surface area contributed by atoms with E-state index >= 15 is 0 Å². The summed E-state index contributed by atoms with van der Waals surface area (Å²) in [5, 5.41) is 2.04. The van der Waals surface area contributed by atoms with Crippen molar-refractivity contribution in [2.24, 2.45) is 0 Å². The highest BCUT2D eigenvalue weighted by atomic mass is 16.5. The van der Waals surface area contributed by atoms with Gasteiger partial charge in [-0.15, -0.1) is 0 Å². The van der Waals surface area contributed by atoms with E-state index in [9.17, 15) is 0 Å². The Bertz CT molecular complexity index is 1170. The largest absolute Gasteiger partial charge is 0.493 e. The van der Waals surface area contributed by atoms with Crippen LogP contribution >= 0.6 is 0 Å². The van der Waals surface area contributed by atoms with E-state index in [1.807, 2.05) is 42.6 Å². The van der Waals surface area contributed by atoms with Crippen molar-refractivity contribution in [1.29, 1.82) is 0 Å². The maximum atomic E-state index is 6.00. The van der Waals surface area contributed by atoms with Crippen LogP contribution in [0.15, 0.2) is 48.9 Å². The number of hydrogen-bond donors (Lipinski definition) is 2. The number of nitrogens with two attached hydrogens (primary N) is 1. The van der Waals surface area contributed by atoms with Crippen LogP contribution in [0.1, 0.15) is 6.42 Å². The number of morpholine rings is 1. The molecule has 0 amide bonds. The SMILES string of the molecule is Nc1ccc2[nH]cc(-c3ncnc4cc(OCCCN5CCOCC5)ccc34)c2c1. The highest BCUT2D eigenvalue weighted by Crippen LogP contribution is 2.33. The second-order valence-electron chi connectivity index (χ2n) is 7.56. The summed E-state index contributed by atoms with van der Waals surface area (Å²) in [7, 11) is 0. The second-order valence-corrected chi connectivity index (χ2v) is 7.56. The zero-order chi connectivity index (χ0) is 20.3. The molecular weight excluding hydrogens is 378 g/mol. The second kappa shape index (κ2) is 8.30. The van der Waals surface area contributed by atoms with Crippen molar-refractivity contribution in [2.45, 2.75) is 6.42 Å². The molecule has 1 aliphatic rings. The molecule has 1 saturated heterocycles. The van der Waals surface area contributed by atoms with Gasteiger partial charge < -0.3 is 20.2 Å². The molecule has 0 atom stereocenters. The molecule has 4 aromatic rings. The number of hydrogen-bond acceptors (Lipinski definition) is 6. The number of anilines is 1. The first-order chi connectivity index (χ1) is 14.8. The number of fused-ring (bicyclic) bond motifs is 2. The quantitative estimate of drug-likeness (QED) is 0.379. The number of rotatable bonds is 6. The van der Waals surface area contributed by atoms with Crippen LogP contribution < -0.4 is 10.5 Å². The molecule has 2 aromatic heterocycles. The van der Waals surface area contributed by atoms with Crippen molar-refractivity contribution in [3.05, 3.63) is 48.9 Å². The van der Waals surface area contributed by atoms with Crippen molar-refractivity contribution < 1.29 is 9.47 Å². The Labute approximate surface area is 174 Å². The third-order valence-corrected chi connectivity index (χ3v) is 5.56. The van der Waals surface area contributed by atoms with Crippen LogP contribution in [0.3, 0.4) is 0 Å². The molecule has 0 bridgehead atoms. The molecule has 3 N–H and O–H groups in total. The van der Waals surface area contributed by atoms with Gasteiger partial charge in [0.25, 0.3) is 0 Å². The topological polar surface area (TPSA) is 89.3 Å². The molecule has 7 heteroatoms. The minimum atomic E-state index is 0.683. The number of ether oxygens (including phenoxy) is 2. The lowest BCUT2D eigenvalue weighted by molar-refractivity contribution is 0.0358. The van der Waals surface area contributed by atoms with Gasteiger partial charge in [-0.1, -0.05) is 0 Å². The molecule has 30 heavy (non-hydrogen) atoms. The molecule has 3 heterocycles. The van der Waals surface area contributed by atoms with Gasteiger partial charge in [-0.2, -0.15) is 0 Å². The Morgan fingerprint density at radius 3 is 2.87 bits per heavy atom. The smallest absolute Gasteiger partial charge is 0.121 e. The third-order valence-electron chi connectivity index (χ3n) is 5.56. The van der Waals surface area contributed by atoms with E-state index in [-0.39, 0.29) is 0 Å². The Hall–Kier alpha value is -3.16. The highest BCUT2D eigenvalue weighted by molar-refractivity contribution is 6.03. The summed E-state index contributed by atoms with van der Waals surface area (Å²) >= 11 is 0. The number of nitrogens with one attached hydrogen (secondary N) is 1. The summed E-state index contributed by atoms with van der Waals surface area (Å²) in [5.74, 6) is 0.831. The zero-order valence-electron chi connectivity index (χ0n) is 16.8. The van der Waals surface area contributed by atoms with Gasteiger partial charge in [-0.05, 0) is 36.8 Å². The molecule has 0 unspecified atom stereocenters. The standard InChI is InChI=1S/C23H25N5O2/c24-16-2-5-21-19(12-16)20(14-25-21)23-18-4-3-17(13-22(18)26-15-27-23)30-9-1-6-28-7-10-29-11-8-28/h2-5,12-15,25H,1,6-11,24H2. The first kappa shape index (κ1) is 18.8. The fourth-order valence-corrected chi connectivity index (χ4v) is 3.98. The van der Waals surface area contributed by atoms with Crippen molar-refractivity contribution in [3.8, 4) is 17.0 Å². The first-order valence-corrected chi connectivity index (χ1v) is 10.3. The van der Waals surface area contributed by atoms with Gasteiger partial charge in [-0.25, -0.2) is 9.97 Å². The normalized spacial score (nSPS) is 15.1. The van der Waals surface area contributed by atoms with Gasteiger partial charge >= 0.3 is 0 Å². The average molecular weight is 403 g/mol. The molecule has 2 aromatic carbocycles. The van der Waals surface area contributed by atoms with E-state index in [4.69, 9.17) is 15.2 Å². The molecule has 0 saturated carbocycles. The summed E-state index contributed by atoms with van der Waals surface area (Å²) in [6.45, 7) is 5.40. The van der Waals surface area contributed by atoms with E-state index in [0.717, 1.165) is 83.8 Å². The highest BCUT2D eigenvalue weighted by Gasteiger charge is 2.13. The van der Waals surface area contributed by atoms with Crippen LogP contribution in [-0.2, 0) is 4.74 Å². The van der Waals surface area contributed by atoms with Crippen molar-refractivity contribution >= 4 is 27.5 Å². The minimum absolute atomic E-state index is 0.683. The number of benzene rings is 2. The first-order valence-electron chi connectivity index (χ1n) is 10.3. The predicted molar refractivity (Wildman–Crippen MR) is 119 cm³/mol. The van der Waals surface area contributed by atoms with Crippen molar-refractivity contribution in [2.75, 3.05) is 45.2 Å². The maximum Gasteiger partial charge on any atom is 0.121 e. The lowest BCUT2D eigenvalue weighted by Gasteiger charge is -2.26. The van der Waals surface area contributed by atoms with E-state index in [0.29, 0.717) is 6.61 Å². The van der Waals surface area contributed by atoms with Gasteiger partial charge in [0.1, 0.15) is 12.1 Å². The summed E-state index contributed by atoms with van der Waals surface area (Å²) in [4.78, 5) is 14.7. The lowest BCUT2D eigenvalue weighted by Crippen LogP contribution is -2.37. The number of nitrogens with zero attached hydrogens (tertiary/aromatic N) is 3. The van der Waals surface area contributed by atoms with Gasteiger partial charge in [0.2, 0.25) is 0 Å². The molecule has 0 radical (unpaired) electrons. The van der Waals surface area contributed by atoms with Crippen LogP contribution in [0.2, 0.25) is 0 Å². The van der Waals surface area contributed by atoms with Crippen molar-refractivity contribution in [3.63, 3.8) is 0 Å². The summed E-state index contributed by atoms with van der Waals surface area (Å²) in [6, 6.07) is 11.9. The van der Waals surface area contributed by atoms with Crippen LogP contribution in [0.5, 0.6) is 5.75 Å². The predicted octanol–water partition coefficient (Wildman–Crippen LogP) is 3.46. The fraction of sp³-hybridized carbons (Fsp3) is 0.304. The van der Waals surface area contributed by atoms with Gasteiger partial charge in [0, 0.05) is 59.4 Å². The Balaban J connectivity index is 1.34. The Morgan fingerprint density at radius 2 is 1.97 bits per heavy atom. The monoisotopic (exact) mass is 403 g/mol. The molecule has 0 aliphatic carbocycles. The third kappa shape index (κ3) is 3.81. The van der Waals surface area contributed by atoms with Crippen LogP contribution in [0.25, 0.3) is 33.1 Å². The van der Waals surface area contributed by atoms with E-state index < -0.39 is 0 Å². The molecule has 1 fully saturated rings. The number of H-pyrrole nitrogens is 1. The van der Waals surface area contributed by atoms with Gasteiger partial charge in [0.05, 0.1) is 31.0 Å². The van der Waals surface area contributed by atoms with E-state index in [1.165, 1.54) is 0 Å². The number of aromatic amines is 1. The Morgan fingerprint density at radius 1 is 1.07 bits per heavy atom. The van der Waals surface area contributed by atoms with Gasteiger partial charge in [0.15, 0.2) is 0 Å². The summed E-state index contributed by atoms with van der Waals surface area (Å²) in [6.07, 6.45) is 4.57. The molecule has 154 valence electrons. The summed E-state index contributed by atoms with van der Waals surface area (Å²) < 4.78 is 11.4. The van der Waals surface area contributed by atoms with Crippen LogP contribution in [-0.4, -0.2) is 59.3 Å². The Kier molecular flexibility index (Phi) is 5.21.